The van der Waals surface area contributed by atoms with Crippen molar-refractivity contribution in [1.29, 1.82) is 0 Å². The van der Waals surface area contributed by atoms with Crippen LogP contribution >= 0.6 is 47.8 Å². The average molecular weight is 475 g/mol. The quantitative estimate of drug-likeness (QED) is 0.616. The summed E-state index contributed by atoms with van der Waals surface area (Å²) in [5.41, 5.74) is 0. The zero-order chi connectivity index (χ0) is 15.1. The van der Waals surface area contributed by atoms with E-state index in [9.17, 15) is 5.11 Å². The van der Waals surface area contributed by atoms with Crippen molar-refractivity contribution >= 4 is 47.8 Å². The van der Waals surface area contributed by atoms with E-state index >= 15 is 0 Å². The second-order valence-electron chi connectivity index (χ2n) is 4.44. The van der Waals surface area contributed by atoms with Crippen LogP contribution in [-0.4, -0.2) is 30.5 Å². The highest BCUT2D eigenvalue weighted by atomic mass is 79.9. The van der Waals surface area contributed by atoms with Crippen molar-refractivity contribution in [3.63, 3.8) is 0 Å². The number of rotatable bonds is 5. The standard InChI is InChI=1S/C10H11Br3O2.C4H8O/c1-2-7(14)5-15-10-8(12)3-6(11)4-9(10)13;1-2-4-3-5-4/h3-4,7,14H,2,5H2,1H3;4H,2-3H2,1H3. The number of benzene rings is 1. The zero-order valence-electron chi connectivity index (χ0n) is 11.5. The third kappa shape index (κ3) is 6.89. The summed E-state index contributed by atoms with van der Waals surface area (Å²) in [7, 11) is 0. The van der Waals surface area contributed by atoms with Crippen molar-refractivity contribution in [3.05, 3.63) is 25.6 Å². The smallest absolute Gasteiger partial charge is 0.147 e. The molecule has 6 heteroatoms. The Labute approximate surface area is 145 Å². The van der Waals surface area contributed by atoms with Gasteiger partial charge in [0, 0.05) is 4.47 Å². The van der Waals surface area contributed by atoms with E-state index in [2.05, 4.69) is 54.7 Å². The van der Waals surface area contributed by atoms with Gasteiger partial charge < -0.3 is 14.6 Å². The SMILES string of the molecule is CCC(O)COc1c(Br)cc(Br)cc1Br.CCC1CO1. The summed E-state index contributed by atoms with van der Waals surface area (Å²) >= 11 is 10.2. The Morgan fingerprint density at radius 1 is 1.30 bits per heavy atom. The third-order valence-corrected chi connectivity index (χ3v) is 4.35. The Kier molecular flexibility index (Phi) is 8.67. The maximum Gasteiger partial charge on any atom is 0.147 e. The van der Waals surface area contributed by atoms with Crippen LogP contribution in [0.5, 0.6) is 5.75 Å². The first-order valence-electron chi connectivity index (χ1n) is 6.54. The lowest BCUT2D eigenvalue weighted by Crippen LogP contribution is -2.16. The number of epoxide rings is 1. The summed E-state index contributed by atoms with van der Waals surface area (Å²) in [4.78, 5) is 0. The van der Waals surface area contributed by atoms with E-state index in [-0.39, 0.29) is 0 Å². The van der Waals surface area contributed by atoms with E-state index < -0.39 is 6.10 Å². The van der Waals surface area contributed by atoms with E-state index in [1.807, 2.05) is 19.1 Å². The maximum absolute atomic E-state index is 9.39. The molecule has 1 aromatic rings. The van der Waals surface area contributed by atoms with Crippen LogP contribution in [0, 0.1) is 0 Å². The van der Waals surface area contributed by atoms with Gasteiger partial charge >= 0.3 is 0 Å². The Morgan fingerprint density at radius 2 is 1.85 bits per heavy atom. The van der Waals surface area contributed by atoms with Crippen LogP contribution in [-0.2, 0) is 4.74 Å². The van der Waals surface area contributed by atoms with Gasteiger partial charge in [0.25, 0.3) is 0 Å². The second-order valence-corrected chi connectivity index (χ2v) is 7.06. The molecule has 0 radical (unpaired) electrons. The molecular weight excluding hydrogens is 456 g/mol. The number of aliphatic hydroxyl groups excluding tert-OH is 1. The molecule has 1 saturated heterocycles. The summed E-state index contributed by atoms with van der Waals surface area (Å²) in [5, 5.41) is 9.39. The van der Waals surface area contributed by atoms with Gasteiger partial charge in [-0.05, 0) is 56.8 Å². The molecule has 0 aromatic heterocycles. The van der Waals surface area contributed by atoms with Crippen molar-refractivity contribution in [3.8, 4) is 5.75 Å². The minimum Gasteiger partial charge on any atom is -0.489 e. The minimum absolute atomic E-state index is 0.301. The maximum atomic E-state index is 9.39. The van der Waals surface area contributed by atoms with Crippen LogP contribution in [0.25, 0.3) is 0 Å². The molecule has 1 fully saturated rings. The number of aliphatic hydroxyl groups is 1. The van der Waals surface area contributed by atoms with Crippen LogP contribution in [0.3, 0.4) is 0 Å². The molecule has 2 unspecified atom stereocenters. The average Bonchev–Trinajstić information content (AvgIpc) is 3.21. The normalized spacial score (nSPS) is 18.0. The summed E-state index contributed by atoms with van der Waals surface area (Å²) < 4.78 is 13.0. The molecule has 2 atom stereocenters. The fourth-order valence-electron chi connectivity index (χ4n) is 1.27. The van der Waals surface area contributed by atoms with Gasteiger partial charge in [-0.25, -0.2) is 0 Å². The molecule has 0 saturated carbocycles. The number of halogens is 3. The molecule has 0 spiro atoms. The summed E-state index contributed by atoms with van der Waals surface area (Å²) in [6.07, 6.45) is 2.09. The van der Waals surface area contributed by atoms with Crippen molar-refractivity contribution in [1.82, 2.24) is 0 Å². The van der Waals surface area contributed by atoms with Crippen LogP contribution in [0.4, 0.5) is 0 Å². The Morgan fingerprint density at radius 3 is 2.20 bits per heavy atom. The van der Waals surface area contributed by atoms with Crippen LogP contribution < -0.4 is 4.74 Å². The van der Waals surface area contributed by atoms with Gasteiger partial charge in [0.05, 0.1) is 27.8 Å². The largest absolute Gasteiger partial charge is 0.489 e. The lowest BCUT2D eigenvalue weighted by Gasteiger charge is -2.13. The summed E-state index contributed by atoms with van der Waals surface area (Å²) in [6, 6.07) is 3.80. The van der Waals surface area contributed by atoms with E-state index in [4.69, 9.17) is 9.47 Å². The summed E-state index contributed by atoms with van der Waals surface area (Å²) in [5.74, 6) is 0.714. The van der Waals surface area contributed by atoms with Gasteiger partial charge in [-0.1, -0.05) is 29.8 Å². The fourth-order valence-corrected chi connectivity index (χ4v) is 3.76. The zero-order valence-corrected chi connectivity index (χ0v) is 16.3. The molecule has 1 N–H and O–H groups in total. The molecule has 3 nitrogen and oxygen atoms in total. The number of ether oxygens (including phenoxy) is 2. The minimum atomic E-state index is -0.424. The van der Waals surface area contributed by atoms with Gasteiger partial charge in [-0.3, -0.25) is 0 Å². The Bertz CT molecular complexity index is 399. The third-order valence-electron chi connectivity index (χ3n) is 2.71. The van der Waals surface area contributed by atoms with Crippen molar-refractivity contribution < 1.29 is 14.6 Å². The molecule has 1 aliphatic heterocycles. The Balaban J connectivity index is 0.000000333. The highest BCUT2D eigenvalue weighted by molar-refractivity contribution is 9.11. The molecule has 20 heavy (non-hydrogen) atoms. The van der Waals surface area contributed by atoms with Crippen LogP contribution in [0.15, 0.2) is 25.6 Å². The lowest BCUT2D eigenvalue weighted by molar-refractivity contribution is 0.103. The topological polar surface area (TPSA) is 42.0 Å². The highest BCUT2D eigenvalue weighted by Crippen LogP contribution is 2.36. The number of hydrogen-bond acceptors (Lipinski definition) is 3. The second kappa shape index (κ2) is 9.41. The fraction of sp³-hybridized carbons (Fsp3) is 0.571. The van der Waals surface area contributed by atoms with E-state index in [1.165, 1.54) is 6.42 Å². The lowest BCUT2D eigenvalue weighted by atomic mass is 10.3. The van der Waals surface area contributed by atoms with E-state index in [1.54, 1.807) is 0 Å². The monoisotopic (exact) mass is 472 g/mol. The first-order chi connectivity index (χ1) is 9.47. The van der Waals surface area contributed by atoms with Crippen LogP contribution in [0.2, 0.25) is 0 Å². The predicted molar refractivity (Wildman–Crippen MR) is 91.4 cm³/mol. The van der Waals surface area contributed by atoms with Gasteiger partial charge in [0.2, 0.25) is 0 Å². The summed E-state index contributed by atoms with van der Waals surface area (Å²) in [6.45, 7) is 5.36. The molecule has 0 aliphatic carbocycles. The first-order valence-corrected chi connectivity index (χ1v) is 8.92. The van der Waals surface area contributed by atoms with E-state index in [0.29, 0.717) is 24.9 Å². The van der Waals surface area contributed by atoms with Crippen molar-refractivity contribution in [2.75, 3.05) is 13.2 Å². The Hall–Kier alpha value is 0.380. The molecule has 1 aromatic carbocycles. The molecular formula is C14H19Br3O3. The molecule has 1 aliphatic rings. The van der Waals surface area contributed by atoms with Gasteiger partial charge in [0.1, 0.15) is 12.4 Å². The van der Waals surface area contributed by atoms with Crippen molar-refractivity contribution in [2.45, 2.75) is 38.9 Å². The van der Waals surface area contributed by atoms with Gasteiger partial charge in [0.15, 0.2) is 0 Å². The molecule has 0 bridgehead atoms. The van der Waals surface area contributed by atoms with Gasteiger partial charge in [-0.15, -0.1) is 0 Å². The predicted octanol–water partition coefficient (Wildman–Crippen LogP) is 4.92. The van der Waals surface area contributed by atoms with E-state index in [0.717, 1.165) is 20.0 Å². The molecule has 1 heterocycles. The van der Waals surface area contributed by atoms with Gasteiger partial charge in [-0.2, -0.15) is 0 Å². The highest BCUT2D eigenvalue weighted by Gasteiger charge is 2.18. The first kappa shape index (κ1) is 18.4. The van der Waals surface area contributed by atoms with Crippen molar-refractivity contribution in [2.24, 2.45) is 0 Å². The molecule has 0 amide bonds. The molecule has 114 valence electrons. The molecule has 2 rings (SSSR count). The number of hydrogen-bond donors (Lipinski definition) is 1. The van der Waals surface area contributed by atoms with Crippen LogP contribution in [0.1, 0.15) is 26.7 Å².